The third-order valence-corrected chi connectivity index (χ3v) is 7.34. The summed E-state index contributed by atoms with van der Waals surface area (Å²) in [6.07, 6.45) is 0. The van der Waals surface area contributed by atoms with Crippen molar-refractivity contribution in [3.05, 3.63) is 143 Å². The highest BCUT2D eigenvalue weighted by Crippen LogP contribution is 2.64. The van der Waals surface area contributed by atoms with Crippen LogP contribution in [0.3, 0.4) is 0 Å². The standard InChI is InChI=1S/C32H22/c1-21-10-8-11-22(20-21)23-15-9-16-27-26-14-4-7-19-30(26)32(31(23)27)28-17-5-2-12-24(28)25-13-3-6-18-29(25)32/h2-20H,1H3. The van der Waals surface area contributed by atoms with Gasteiger partial charge in [-0.1, -0.05) is 121 Å². The first-order chi connectivity index (χ1) is 15.8. The van der Waals surface area contributed by atoms with E-state index in [0.29, 0.717) is 0 Å². The lowest BCUT2D eigenvalue weighted by molar-refractivity contribution is 0.795. The maximum atomic E-state index is 2.34. The van der Waals surface area contributed by atoms with Crippen LogP contribution in [0.15, 0.2) is 115 Å². The molecular weight excluding hydrogens is 384 g/mol. The molecule has 0 heterocycles. The van der Waals surface area contributed by atoms with Crippen molar-refractivity contribution in [1.29, 1.82) is 0 Å². The molecular formula is C32H22. The van der Waals surface area contributed by atoms with E-state index in [1.165, 1.54) is 61.2 Å². The fourth-order valence-corrected chi connectivity index (χ4v) is 6.21. The average Bonchev–Trinajstić information content (AvgIpc) is 3.32. The predicted octanol–water partition coefficient (Wildman–Crippen LogP) is 8.01. The van der Waals surface area contributed by atoms with Gasteiger partial charge in [0.2, 0.25) is 0 Å². The summed E-state index contributed by atoms with van der Waals surface area (Å²) in [5.41, 5.74) is 14.6. The second-order valence-electron chi connectivity index (χ2n) is 8.98. The van der Waals surface area contributed by atoms with Crippen molar-refractivity contribution in [2.45, 2.75) is 12.3 Å². The van der Waals surface area contributed by atoms with Gasteiger partial charge in [-0.15, -0.1) is 0 Å². The molecule has 0 radical (unpaired) electrons. The number of rotatable bonds is 1. The van der Waals surface area contributed by atoms with Gasteiger partial charge in [0.25, 0.3) is 0 Å². The lowest BCUT2D eigenvalue weighted by Gasteiger charge is -2.32. The van der Waals surface area contributed by atoms with Crippen LogP contribution in [0.25, 0.3) is 33.4 Å². The monoisotopic (exact) mass is 406 g/mol. The zero-order chi connectivity index (χ0) is 21.3. The zero-order valence-electron chi connectivity index (χ0n) is 18.0. The van der Waals surface area contributed by atoms with Gasteiger partial charge in [0.05, 0.1) is 5.41 Å². The third-order valence-electron chi connectivity index (χ3n) is 7.34. The third kappa shape index (κ3) is 2.07. The van der Waals surface area contributed by atoms with Gasteiger partial charge >= 0.3 is 0 Å². The summed E-state index contributed by atoms with van der Waals surface area (Å²) in [7, 11) is 0. The highest BCUT2D eigenvalue weighted by atomic mass is 14.5. The number of hydrogen-bond acceptors (Lipinski definition) is 0. The zero-order valence-corrected chi connectivity index (χ0v) is 18.0. The van der Waals surface area contributed by atoms with Crippen LogP contribution in [0.1, 0.15) is 27.8 Å². The Hall–Kier alpha value is -3.90. The highest BCUT2D eigenvalue weighted by molar-refractivity contribution is 5.98. The summed E-state index contributed by atoms with van der Waals surface area (Å²) in [5, 5.41) is 0. The van der Waals surface area contributed by atoms with E-state index in [1.807, 2.05) is 0 Å². The van der Waals surface area contributed by atoms with Gasteiger partial charge in [-0.2, -0.15) is 0 Å². The van der Waals surface area contributed by atoms with E-state index >= 15 is 0 Å². The fourth-order valence-electron chi connectivity index (χ4n) is 6.21. The summed E-state index contributed by atoms with van der Waals surface area (Å²) in [6.45, 7) is 2.18. The Labute approximate surface area is 188 Å². The molecule has 0 unspecified atom stereocenters. The minimum atomic E-state index is -0.292. The molecule has 0 nitrogen and oxygen atoms in total. The molecule has 0 saturated heterocycles. The number of benzene rings is 5. The molecule has 0 saturated carbocycles. The first-order valence-electron chi connectivity index (χ1n) is 11.3. The molecule has 0 N–H and O–H groups in total. The minimum Gasteiger partial charge on any atom is -0.0619 e. The molecule has 150 valence electrons. The van der Waals surface area contributed by atoms with Gasteiger partial charge < -0.3 is 0 Å². The van der Waals surface area contributed by atoms with Gasteiger partial charge in [0.1, 0.15) is 0 Å². The second kappa shape index (κ2) is 6.31. The van der Waals surface area contributed by atoms with E-state index in [9.17, 15) is 0 Å². The molecule has 5 aromatic rings. The smallest absolute Gasteiger partial charge is 0.0619 e. The molecule has 0 atom stereocenters. The van der Waals surface area contributed by atoms with Crippen LogP contribution in [-0.4, -0.2) is 0 Å². The molecule has 2 aliphatic carbocycles. The van der Waals surface area contributed by atoms with Crippen LogP contribution in [0.4, 0.5) is 0 Å². The molecule has 2 aliphatic rings. The van der Waals surface area contributed by atoms with Gasteiger partial charge in [-0.05, 0) is 62.6 Å². The largest absolute Gasteiger partial charge is 0.0731 e. The van der Waals surface area contributed by atoms with Crippen LogP contribution < -0.4 is 0 Å². The Balaban J connectivity index is 1.71. The molecule has 1 spiro atoms. The van der Waals surface area contributed by atoms with Crippen molar-refractivity contribution in [3.63, 3.8) is 0 Å². The Morgan fingerprint density at radius 2 is 0.906 bits per heavy atom. The number of hydrogen-bond donors (Lipinski definition) is 0. The van der Waals surface area contributed by atoms with E-state index < -0.39 is 0 Å². The van der Waals surface area contributed by atoms with Crippen LogP contribution >= 0.6 is 0 Å². The summed E-state index contributed by atoms with van der Waals surface area (Å²) < 4.78 is 0. The Morgan fingerprint density at radius 3 is 1.50 bits per heavy atom. The first kappa shape index (κ1) is 17.7. The summed E-state index contributed by atoms with van der Waals surface area (Å²) in [4.78, 5) is 0. The van der Waals surface area contributed by atoms with E-state index in [0.717, 1.165) is 0 Å². The summed E-state index contributed by atoms with van der Waals surface area (Å²) in [6, 6.07) is 42.8. The Morgan fingerprint density at radius 1 is 0.438 bits per heavy atom. The van der Waals surface area contributed by atoms with Gasteiger partial charge in [-0.25, -0.2) is 0 Å². The molecule has 0 amide bonds. The normalized spacial score (nSPS) is 14.0. The van der Waals surface area contributed by atoms with Crippen molar-refractivity contribution in [1.82, 2.24) is 0 Å². The molecule has 0 aliphatic heterocycles. The minimum absolute atomic E-state index is 0.292. The van der Waals surface area contributed by atoms with E-state index in [2.05, 4.69) is 122 Å². The van der Waals surface area contributed by atoms with E-state index in [4.69, 9.17) is 0 Å². The van der Waals surface area contributed by atoms with Crippen LogP contribution in [0, 0.1) is 6.92 Å². The Kier molecular flexibility index (Phi) is 3.50. The van der Waals surface area contributed by atoms with Crippen molar-refractivity contribution < 1.29 is 0 Å². The second-order valence-corrected chi connectivity index (χ2v) is 8.98. The topological polar surface area (TPSA) is 0 Å². The Bertz CT molecular complexity index is 1470. The first-order valence-corrected chi connectivity index (χ1v) is 11.3. The molecule has 0 fully saturated rings. The molecule has 32 heavy (non-hydrogen) atoms. The molecule has 0 aromatic heterocycles. The quantitative estimate of drug-likeness (QED) is 0.259. The van der Waals surface area contributed by atoms with Crippen LogP contribution in [-0.2, 0) is 5.41 Å². The molecule has 7 rings (SSSR count). The van der Waals surface area contributed by atoms with Crippen molar-refractivity contribution in [3.8, 4) is 33.4 Å². The number of fused-ring (bicyclic) bond motifs is 10. The summed E-state index contributed by atoms with van der Waals surface area (Å²) >= 11 is 0. The highest BCUT2D eigenvalue weighted by Gasteiger charge is 2.52. The van der Waals surface area contributed by atoms with Crippen LogP contribution in [0.5, 0.6) is 0 Å². The van der Waals surface area contributed by atoms with Crippen LogP contribution in [0.2, 0.25) is 0 Å². The average molecular weight is 407 g/mol. The van der Waals surface area contributed by atoms with Crippen molar-refractivity contribution in [2.75, 3.05) is 0 Å². The predicted molar refractivity (Wildman–Crippen MR) is 133 cm³/mol. The van der Waals surface area contributed by atoms with Gasteiger partial charge in [0, 0.05) is 0 Å². The lowest BCUT2D eigenvalue weighted by Crippen LogP contribution is -2.26. The van der Waals surface area contributed by atoms with Gasteiger partial charge in [-0.3, -0.25) is 0 Å². The van der Waals surface area contributed by atoms with Crippen molar-refractivity contribution >= 4 is 0 Å². The maximum Gasteiger partial charge on any atom is 0.0731 e. The fraction of sp³-hybridized carbons (Fsp3) is 0.0625. The molecule has 0 bridgehead atoms. The SMILES string of the molecule is Cc1cccc(-c2cccc3c2C2(c4ccccc4-c4ccccc42)c2ccccc2-3)c1. The maximum absolute atomic E-state index is 2.34. The van der Waals surface area contributed by atoms with Crippen molar-refractivity contribution in [2.24, 2.45) is 0 Å². The van der Waals surface area contributed by atoms with E-state index in [1.54, 1.807) is 0 Å². The molecule has 0 heteroatoms. The lowest BCUT2D eigenvalue weighted by atomic mass is 9.68. The van der Waals surface area contributed by atoms with Gasteiger partial charge in [0.15, 0.2) is 0 Å². The number of aryl methyl sites for hydroxylation is 1. The molecule has 5 aromatic carbocycles. The summed E-state index contributed by atoms with van der Waals surface area (Å²) in [5.74, 6) is 0. The van der Waals surface area contributed by atoms with E-state index in [-0.39, 0.29) is 5.41 Å².